The van der Waals surface area contributed by atoms with Gasteiger partial charge in [0.1, 0.15) is 0 Å². The standard InChI is InChI=1S/C14H22N2O4S2/c1-11-4-5-14(12(2)10-11)22(19,20)15-13-6-8-16(9-7-13)21(3,17)18/h4-5,10,13,15H,6-9H2,1-3H3. The summed E-state index contributed by atoms with van der Waals surface area (Å²) in [6.45, 7) is 4.38. The van der Waals surface area contributed by atoms with E-state index in [2.05, 4.69) is 4.72 Å². The zero-order valence-corrected chi connectivity index (χ0v) is 14.7. The number of sulfonamides is 2. The summed E-state index contributed by atoms with van der Waals surface area (Å²) in [5.74, 6) is 0. The van der Waals surface area contributed by atoms with Crippen LogP contribution in [0.1, 0.15) is 24.0 Å². The van der Waals surface area contributed by atoms with E-state index < -0.39 is 20.0 Å². The minimum atomic E-state index is -3.58. The second-order valence-electron chi connectivity index (χ2n) is 5.83. The molecule has 1 fully saturated rings. The van der Waals surface area contributed by atoms with Crippen LogP contribution in [0.3, 0.4) is 0 Å². The third kappa shape index (κ3) is 4.07. The summed E-state index contributed by atoms with van der Waals surface area (Å²) < 4.78 is 51.9. The smallest absolute Gasteiger partial charge is 0.213 e. The van der Waals surface area contributed by atoms with Crippen LogP contribution in [0.15, 0.2) is 23.1 Å². The Morgan fingerprint density at radius 3 is 2.18 bits per heavy atom. The molecular formula is C14H22N2O4S2. The average molecular weight is 346 g/mol. The van der Waals surface area contributed by atoms with Gasteiger partial charge in [-0.05, 0) is 38.3 Å². The molecule has 1 aliphatic rings. The van der Waals surface area contributed by atoms with Gasteiger partial charge in [0.15, 0.2) is 0 Å². The number of rotatable bonds is 4. The van der Waals surface area contributed by atoms with Gasteiger partial charge in [-0.3, -0.25) is 0 Å². The van der Waals surface area contributed by atoms with Gasteiger partial charge in [0, 0.05) is 19.1 Å². The molecule has 1 aromatic carbocycles. The lowest BCUT2D eigenvalue weighted by atomic mass is 10.1. The summed E-state index contributed by atoms with van der Waals surface area (Å²) in [6, 6.07) is 4.98. The van der Waals surface area contributed by atoms with Crippen LogP contribution in [-0.4, -0.2) is 46.5 Å². The second kappa shape index (κ2) is 6.27. The highest BCUT2D eigenvalue weighted by molar-refractivity contribution is 7.89. The van der Waals surface area contributed by atoms with E-state index in [0.717, 1.165) is 5.56 Å². The Balaban J connectivity index is 2.08. The fraction of sp³-hybridized carbons (Fsp3) is 0.571. The summed E-state index contributed by atoms with van der Waals surface area (Å²) in [5, 5.41) is 0. The Labute approximate surface area is 132 Å². The van der Waals surface area contributed by atoms with Gasteiger partial charge >= 0.3 is 0 Å². The minimum Gasteiger partial charge on any atom is -0.213 e. The van der Waals surface area contributed by atoms with E-state index in [1.807, 2.05) is 13.0 Å². The SMILES string of the molecule is Cc1ccc(S(=O)(=O)NC2CCN(S(C)(=O)=O)CC2)c(C)c1. The van der Waals surface area contributed by atoms with Crippen molar-refractivity contribution in [2.45, 2.75) is 37.6 Å². The van der Waals surface area contributed by atoms with Gasteiger partial charge in [0.05, 0.1) is 11.2 Å². The van der Waals surface area contributed by atoms with Crippen LogP contribution in [0.5, 0.6) is 0 Å². The Hall–Kier alpha value is -0.960. The molecule has 1 aromatic rings. The second-order valence-corrected chi connectivity index (χ2v) is 9.49. The highest BCUT2D eigenvalue weighted by Crippen LogP contribution is 2.19. The number of aryl methyl sites for hydroxylation is 2. The van der Waals surface area contributed by atoms with Crippen molar-refractivity contribution in [3.05, 3.63) is 29.3 Å². The van der Waals surface area contributed by atoms with E-state index >= 15 is 0 Å². The predicted octanol–water partition coefficient (Wildman–Crippen LogP) is 1.01. The van der Waals surface area contributed by atoms with Crippen molar-refractivity contribution < 1.29 is 16.8 Å². The maximum atomic E-state index is 12.5. The Morgan fingerprint density at radius 1 is 1.09 bits per heavy atom. The number of benzene rings is 1. The minimum absolute atomic E-state index is 0.233. The zero-order valence-electron chi connectivity index (χ0n) is 13.0. The molecule has 1 N–H and O–H groups in total. The van der Waals surface area contributed by atoms with Crippen molar-refractivity contribution in [3.63, 3.8) is 0 Å². The molecule has 0 aliphatic carbocycles. The molecule has 0 spiro atoms. The molecule has 0 atom stereocenters. The third-order valence-corrected chi connectivity index (χ3v) is 6.85. The summed E-state index contributed by atoms with van der Waals surface area (Å²) in [5.41, 5.74) is 1.72. The molecular weight excluding hydrogens is 324 g/mol. The first kappa shape index (κ1) is 17.4. The molecule has 8 heteroatoms. The van der Waals surface area contributed by atoms with Gasteiger partial charge in [0.2, 0.25) is 20.0 Å². The molecule has 0 amide bonds. The lowest BCUT2D eigenvalue weighted by molar-refractivity contribution is 0.310. The van der Waals surface area contributed by atoms with Crippen LogP contribution in [0.2, 0.25) is 0 Å². The number of hydrogen-bond donors (Lipinski definition) is 1. The first-order valence-electron chi connectivity index (χ1n) is 7.14. The predicted molar refractivity (Wildman–Crippen MR) is 85.7 cm³/mol. The van der Waals surface area contributed by atoms with Gasteiger partial charge in [-0.1, -0.05) is 17.7 Å². The number of piperidine rings is 1. The Bertz CT molecular complexity index is 749. The molecule has 2 rings (SSSR count). The van der Waals surface area contributed by atoms with Crippen molar-refractivity contribution in [2.75, 3.05) is 19.3 Å². The van der Waals surface area contributed by atoms with Gasteiger partial charge in [-0.25, -0.2) is 25.9 Å². The molecule has 0 aromatic heterocycles. The fourth-order valence-corrected chi connectivity index (χ4v) is 5.09. The highest BCUT2D eigenvalue weighted by atomic mass is 32.2. The van der Waals surface area contributed by atoms with Crippen LogP contribution in [-0.2, 0) is 20.0 Å². The van der Waals surface area contributed by atoms with Gasteiger partial charge in [-0.2, -0.15) is 0 Å². The van der Waals surface area contributed by atoms with Crippen LogP contribution in [0.4, 0.5) is 0 Å². The van der Waals surface area contributed by atoms with Crippen molar-refractivity contribution in [2.24, 2.45) is 0 Å². The summed E-state index contributed by atoms with van der Waals surface area (Å²) in [7, 11) is -6.78. The van der Waals surface area contributed by atoms with E-state index in [-0.39, 0.29) is 10.9 Å². The van der Waals surface area contributed by atoms with Gasteiger partial charge in [0.25, 0.3) is 0 Å². The molecule has 22 heavy (non-hydrogen) atoms. The monoisotopic (exact) mass is 346 g/mol. The average Bonchev–Trinajstić information content (AvgIpc) is 2.37. The maximum absolute atomic E-state index is 12.5. The quantitative estimate of drug-likeness (QED) is 0.882. The Morgan fingerprint density at radius 2 is 1.68 bits per heavy atom. The van der Waals surface area contributed by atoms with Crippen LogP contribution in [0, 0.1) is 13.8 Å². The number of nitrogens with one attached hydrogen (secondary N) is 1. The highest BCUT2D eigenvalue weighted by Gasteiger charge is 2.28. The maximum Gasteiger partial charge on any atom is 0.241 e. The molecule has 0 radical (unpaired) electrons. The summed E-state index contributed by atoms with van der Waals surface area (Å²) in [6.07, 6.45) is 2.14. The van der Waals surface area contributed by atoms with Crippen molar-refractivity contribution in [1.82, 2.24) is 9.03 Å². The Kier molecular flexibility index (Phi) is 4.96. The van der Waals surface area contributed by atoms with Crippen LogP contribution >= 0.6 is 0 Å². The van der Waals surface area contributed by atoms with E-state index in [1.165, 1.54) is 10.6 Å². The molecule has 0 bridgehead atoms. The molecule has 1 saturated heterocycles. The van der Waals surface area contributed by atoms with Crippen molar-refractivity contribution >= 4 is 20.0 Å². The van der Waals surface area contributed by atoms with E-state index in [0.29, 0.717) is 31.5 Å². The van der Waals surface area contributed by atoms with Gasteiger partial charge in [-0.15, -0.1) is 0 Å². The largest absolute Gasteiger partial charge is 0.241 e. The van der Waals surface area contributed by atoms with Crippen LogP contribution < -0.4 is 4.72 Å². The molecule has 1 heterocycles. The topological polar surface area (TPSA) is 83.6 Å². The fourth-order valence-electron chi connectivity index (χ4n) is 2.69. The molecule has 1 aliphatic heterocycles. The molecule has 0 unspecified atom stereocenters. The number of hydrogen-bond acceptors (Lipinski definition) is 4. The van der Waals surface area contributed by atoms with E-state index in [9.17, 15) is 16.8 Å². The first-order valence-corrected chi connectivity index (χ1v) is 10.5. The lowest BCUT2D eigenvalue weighted by Gasteiger charge is -2.30. The molecule has 0 saturated carbocycles. The van der Waals surface area contributed by atoms with E-state index in [1.54, 1.807) is 19.1 Å². The molecule has 124 valence electrons. The zero-order chi connectivity index (χ0) is 16.5. The summed E-state index contributed by atoms with van der Waals surface area (Å²) in [4.78, 5) is 0.281. The van der Waals surface area contributed by atoms with Crippen LogP contribution in [0.25, 0.3) is 0 Å². The summed E-state index contributed by atoms with van der Waals surface area (Å²) >= 11 is 0. The van der Waals surface area contributed by atoms with Gasteiger partial charge < -0.3 is 0 Å². The molecule has 6 nitrogen and oxygen atoms in total. The number of nitrogens with zero attached hydrogens (tertiary/aromatic N) is 1. The normalized spacial score (nSPS) is 18.5. The lowest BCUT2D eigenvalue weighted by Crippen LogP contribution is -2.46. The first-order chi connectivity index (χ1) is 10.1. The van der Waals surface area contributed by atoms with Crippen molar-refractivity contribution in [3.8, 4) is 0 Å². The van der Waals surface area contributed by atoms with E-state index in [4.69, 9.17) is 0 Å². The van der Waals surface area contributed by atoms with Crippen molar-refractivity contribution in [1.29, 1.82) is 0 Å². The third-order valence-electron chi connectivity index (χ3n) is 3.86.